The van der Waals surface area contributed by atoms with Crippen LogP contribution in [-0.4, -0.2) is 6.54 Å². The van der Waals surface area contributed by atoms with Gasteiger partial charge in [-0.15, -0.1) is 11.3 Å². The van der Waals surface area contributed by atoms with Crippen molar-refractivity contribution in [2.24, 2.45) is 0 Å². The Morgan fingerprint density at radius 1 is 1.26 bits per heavy atom. The van der Waals surface area contributed by atoms with Crippen LogP contribution in [0.3, 0.4) is 0 Å². The van der Waals surface area contributed by atoms with Gasteiger partial charge >= 0.3 is 0 Å². The maximum absolute atomic E-state index is 14.6. The van der Waals surface area contributed by atoms with Crippen LogP contribution in [0.15, 0.2) is 30.3 Å². The standard InChI is InChI=1S/C16H18FNS/c1-2-12-6-7-13(19-12)10-15(17)14-5-3-4-11-8-9-18-16(11)14/h3-7,15,18H,2,8-10H2,1H3. The molecule has 1 aliphatic heterocycles. The van der Waals surface area contributed by atoms with E-state index >= 15 is 0 Å². The third-order valence-electron chi connectivity index (χ3n) is 3.66. The number of halogens is 1. The van der Waals surface area contributed by atoms with E-state index in [0.29, 0.717) is 6.42 Å². The monoisotopic (exact) mass is 275 g/mol. The third-order valence-corrected chi connectivity index (χ3v) is 4.91. The van der Waals surface area contributed by atoms with E-state index < -0.39 is 6.17 Å². The van der Waals surface area contributed by atoms with E-state index in [-0.39, 0.29) is 0 Å². The minimum Gasteiger partial charge on any atom is -0.384 e. The topological polar surface area (TPSA) is 12.0 Å². The highest BCUT2D eigenvalue weighted by atomic mass is 32.1. The summed E-state index contributed by atoms with van der Waals surface area (Å²) in [6, 6.07) is 10.1. The summed E-state index contributed by atoms with van der Waals surface area (Å²) < 4.78 is 14.6. The fraction of sp³-hybridized carbons (Fsp3) is 0.375. The van der Waals surface area contributed by atoms with Gasteiger partial charge in [-0.3, -0.25) is 0 Å². The number of fused-ring (bicyclic) bond motifs is 1. The van der Waals surface area contributed by atoms with Gasteiger partial charge in [-0.25, -0.2) is 4.39 Å². The molecular weight excluding hydrogens is 257 g/mol. The van der Waals surface area contributed by atoms with E-state index in [4.69, 9.17) is 0 Å². The number of nitrogens with one attached hydrogen (secondary N) is 1. The van der Waals surface area contributed by atoms with Gasteiger partial charge in [0.15, 0.2) is 0 Å². The second-order valence-corrected chi connectivity index (χ2v) is 6.20. The first kappa shape index (κ1) is 12.7. The lowest BCUT2D eigenvalue weighted by Gasteiger charge is -2.12. The summed E-state index contributed by atoms with van der Waals surface area (Å²) in [6.07, 6.45) is 1.62. The van der Waals surface area contributed by atoms with Crippen LogP contribution in [0.25, 0.3) is 0 Å². The van der Waals surface area contributed by atoms with Gasteiger partial charge in [-0.05, 0) is 30.5 Å². The third kappa shape index (κ3) is 2.52. The molecule has 0 fully saturated rings. The highest BCUT2D eigenvalue weighted by molar-refractivity contribution is 7.11. The lowest BCUT2D eigenvalue weighted by Crippen LogP contribution is -2.01. The van der Waals surface area contributed by atoms with Gasteiger partial charge in [0.05, 0.1) is 0 Å². The maximum Gasteiger partial charge on any atom is 0.132 e. The summed E-state index contributed by atoms with van der Waals surface area (Å²) in [4.78, 5) is 2.47. The number of hydrogen-bond acceptors (Lipinski definition) is 2. The van der Waals surface area contributed by atoms with E-state index in [0.717, 1.165) is 35.5 Å². The number of para-hydroxylation sites is 1. The molecule has 3 heteroatoms. The number of hydrogen-bond donors (Lipinski definition) is 1. The van der Waals surface area contributed by atoms with E-state index in [9.17, 15) is 4.39 Å². The molecule has 2 heterocycles. The van der Waals surface area contributed by atoms with Crippen molar-refractivity contribution in [3.05, 3.63) is 51.2 Å². The normalized spacial score (nSPS) is 15.1. The number of thiophene rings is 1. The number of anilines is 1. The first-order valence-electron chi connectivity index (χ1n) is 6.85. The number of benzene rings is 1. The second kappa shape index (κ2) is 5.33. The largest absolute Gasteiger partial charge is 0.384 e. The quantitative estimate of drug-likeness (QED) is 0.864. The van der Waals surface area contributed by atoms with Crippen molar-refractivity contribution in [3.8, 4) is 0 Å². The van der Waals surface area contributed by atoms with Crippen LogP contribution in [0.1, 0.15) is 34.0 Å². The SMILES string of the molecule is CCc1ccc(CC(F)c2cccc3c2NCC3)s1. The molecule has 1 N–H and O–H groups in total. The molecule has 1 nitrogen and oxygen atoms in total. The number of alkyl halides is 1. The minimum absolute atomic E-state index is 0.489. The molecular formula is C16H18FNS. The zero-order valence-corrected chi connectivity index (χ0v) is 11.9. The molecule has 0 amide bonds. The van der Waals surface area contributed by atoms with Gasteiger partial charge in [0.25, 0.3) is 0 Å². The van der Waals surface area contributed by atoms with Gasteiger partial charge in [-0.2, -0.15) is 0 Å². The Balaban J connectivity index is 1.80. The van der Waals surface area contributed by atoms with E-state index in [2.05, 4.69) is 30.4 Å². The summed E-state index contributed by atoms with van der Waals surface area (Å²) in [5, 5.41) is 3.32. The summed E-state index contributed by atoms with van der Waals surface area (Å²) in [5.74, 6) is 0. The van der Waals surface area contributed by atoms with Gasteiger partial charge < -0.3 is 5.32 Å². The molecule has 0 aliphatic carbocycles. The molecule has 3 rings (SSSR count). The van der Waals surface area contributed by atoms with E-state index in [1.54, 1.807) is 11.3 Å². The molecule has 1 aromatic heterocycles. The van der Waals surface area contributed by atoms with Gasteiger partial charge in [0, 0.05) is 34.0 Å². The van der Waals surface area contributed by atoms with Crippen molar-refractivity contribution < 1.29 is 4.39 Å². The molecule has 0 radical (unpaired) electrons. The zero-order chi connectivity index (χ0) is 13.2. The summed E-state index contributed by atoms with van der Waals surface area (Å²) in [5.41, 5.74) is 3.10. The second-order valence-electron chi connectivity index (χ2n) is 4.95. The lowest BCUT2D eigenvalue weighted by molar-refractivity contribution is 0.345. The average Bonchev–Trinajstić information content (AvgIpc) is 3.05. The Bertz CT molecular complexity index is 576. The summed E-state index contributed by atoms with van der Waals surface area (Å²) in [6.45, 7) is 3.06. The molecule has 1 atom stereocenters. The average molecular weight is 275 g/mol. The van der Waals surface area contributed by atoms with Crippen LogP contribution in [-0.2, 0) is 19.3 Å². The smallest absolute Gasteiger partial charge is 0.132 e. The highest BCUT2D eigenvalue weighted by Gasteiger charge is 2.20. The molecule has 1 aromatic carbocycles. The molecule has 1 aliphatic rings. The Morgan fingerprint density at radius 3 is 2.89 bits per heavy atom. The van der Waals surface area contributed by atoms with Gasteiger partial charge in [0.2, 0.25) is 0 Å². The molecule has 0 saturated carbocycles. The van der Waals surface area contributed by atoms with Crippen LogP contribution in [0.2, 0.25) is 0 Å². The number of aryl methyl sites for hydroxylation is 1. The summed E-state index contributed by atoms with van der Waals surface area (Å²) >= 11 is 1.73. The van der Waals surface area contributed by atoms with Crippen LogP contribution >= 0.6 is 11.3 Å². The van der Waals surface area contributed by atoms with Crippen molar-refractivity contribution in [2.75, 3.05) is 11.9 Å². The molecule has 0 spiro atoms. The lowest BCUT2D eigenvalue weighted by atomic mass is 10.0. The molecule has 2 aromatic rings. The zero-order valence-electron chi connectivity index (χ0n) is 11.1. The minimum atomic E-state index is -0.913. The fourth-order valence-electron chi connectivity index (χ4n) is 2.64. The van der Waals surface area contributed by atoms with Crippen molar-refractivity contribution in [3.63, 3.8) is 0 Å². The first-order valence-corrected chi connectivity index (χ1v) is 7.67. The molecule has 0 saturated heterocycles. The first-order chi connectivity index (χ1) is 9.28. The van der Waals surface area contributed by atoms with E-state index in [1.165, 1.54) is 10.4 Å². The van der Waals surface area contributed by atoms with Crippen molar-refractivity contribution >= 4 is 17.0 Å². The van der Waals surface area contributed by atoms with Crippen LogP contribution in [0.4, 0.5) is 10.1 Å². The van der Waals surface area contributed by atoms with Crippen molar-refractivity contribution in [2.45, 2.75) is 32.4 Å². The Labute approximate surface area is 117 Å². The fourth-order valence-corrected chi connectivity index (χ4v) is 3.62. The van der Waals surface area contributed by atoms with Crippen molar-refractivity contribution in [1.82, 2.24) is 0 Å². The Kier molecular flexibility index (Phi) is 3.56. The predicted octanol–water partition coefficient (Wildman–Crippen LogP) is 4.53. The predicted molar refractivity (Wildman–Crippen MR) is 79.9 cm³/mol. The van der Waals surface area contributed by atoms with Crippen LogP contribution in [0.5, 0.6) is 0 Å². The van der Waals surface area contributed by atoms with Crippen LogP contribution in [0, 0.1) is 0 Å². The highest BCUT2D eigenvalue weighted by Crippen LogP contribution is 2.35. The van der Waals surface area contributed by atoms with Gasteiger partial charge in [0.1, 0.15) is 6.17 Å². The molecule has 100 valence electrons. The Morgan fingerprint density at radius 2 is 2.11 bits per heavy atom. The van der Waals surface area contributed by atoms with Crippen LogP contribution < -0.4 is 5.32 Å². The Hall–Kier alpha value is -1.35. The maximum atomic E-state index is 14.6. The molecule has 19 heavy (non-hydrogen) atoms. The molecule has 1 unspecified atom stereocenters. The van der Waals surface area contributed by atoms with Gasteiger partial charge in [-0.1, -0.05) is 25.1 Å². The molecule has 0 bridgehead atoms. The van der Waals surface area contributed by atoms with Crippen molar-refractivity contribution in [1.29, 1.82) is 0 Å². The van der Waals surface area contributed by atoms with E-state index in [1.807, 2.05) is 12.1 Å². The summed E-state index contributed by atoms with van der Waals surface area (Å²) in [7, 11) is 0. The number of rotatable bonds is 4.